The predicted molar refractivity (Wildman–Crippen MR) is 165 cm³/mol. The maximum Gasteiger partial charge on any atom is 0.255 e. The predicted octanol–water partition coefficient (Wildman–Crippen LogP) is 5.75. The number of hydrogen-bond donors (Lipinski definition) is 3. The van der Waals surface area contributed by atoms with E-state index in [2.05, 4.69) is 22.8 Å². The van der Waals surface area contributed by atoms with Crippen LogP contribution in [0.1, 0.15) is 73.7 Å². The molecule has 41 heavy (non-hydrogen) atoms. The van der Waals surface area contributed by atoms with Crippen molar-refractivity contribution in [2.45, 2.75) is 81.6 Å². The minimum atomic E-state index is -0.344. The highest BCUT2D eigenvalue weighted by Crippen LogP contribution is 2.32. The van der Waals surface area contributed by atoms with Crippen molar-refractivity contribution in [2.75, 3.05) is 26.5 Å². The average molecular weight is 583 g/mol. The number of methoxy groups -OCH3 is 2. The van der Waals surface area contributed by atoms with Gasteiger partial charge in [-0.1, -0.05) is 43.5 Å². The maximum atomic E-state index is 13.6. The quantitative estimate of drug-likeness (QED) is 0.279. The number of rotatable bonds is 13. The number of para-hydroxylation sites is 1. The highest BCUT2D eigenvalue weighted by molar-refractivity contribution is 7.99. The Morgan fingerprint density at radius 3 is 2.32 bits per heavy atom. The first kappa shape index (κ1) is 31.2. The first-order valence-electron chi connectivity index (χ1n) is 15.1. The summed E-state index contributed by atoms with van der Waals surface area (Å²) in [5.41, 5.74) is 1.40. The molecule has 2 aromatic rings. The molecule has 0 heterocycles. The minimum Gasteiger partial charge on any atom is -0.507 e. The van der Waals surface area contributed by atoms with Crippen molar-refractivity contribution in [3.05, 3.63) is 59.7 Å². The van der Waals surface area contributed by atoms with Crippen LogP contribution in [-0.2, 0) is 16.0 Å². The summed E-state index contributed by atoms with van der Waals surface area (Å²) in [5.74, 6) is 2.14. The summed E-state index contributed by atoms with van der Waals surface area (Å²) in [6.07, 6.45) is 10.8. The number of ether oxygens (including phenoxy) is 2. The van der Waals surface area contributed by atoms with Crippen LogP contribution in [0.25, 0.3) is 0 Å². The lowest BCUT2D eigenvalue weighted by molar-refractivity contribution is -0.127. The van der Waals surface area contributed by atoms with Gasteiger partial charge in [-0.3, -0.25) is 9.59 Å². The molecule has 2 saturated carbocycles. The fraction of sp³-hybridized carbons (Fsp3) is 0.576. The van der Waals surface area contributed by atoms with Gasteiger partial charge in [0, 0.05) is 24.8 Å². The molecule has 2 aromatic carbocycles. The summed E-state index contributed by atoms with van der Waals surface area (Å²) in [7, 11) is 3.40. The second-order valence-corrected chi connectivity index (χ2v) is 12.8. The van der Waals surface area contributed by atoms with Gasteiger partial charge in [-0.2, -0.15) is 11.8 Å². The molecule has 0 aliphatic heterocycles. The van der Waals surface area contributed by atoms with E-state index in [0.717, 1.165) is 43.6 Å². The van der Waals surface area contributed by atoms with Gasteiger partial charge in [0.15, 0.2) is 0 Å². The van der Waals surface area contributed by atoms with Crippen molar-refractivity contribution >= 4 is 23.6 Å². The van der Waals surface area contributed by atoms with E-state index in [4.69, 9.17) is 9.47 Å². The summed E-state index contributed by atoms with van der Waals surface area (Å²) in [5, 5.41) is 16.7. The number of nitrogens with one attached hydrogen (secondary N) is 2. The SMILES string of the molecule is COc1ccc(CC(SCC2CCCCC2)C(CNC(=O)c2ccccc2O)NC(=O)C2CCC(OC)CC2)cc1. The molecule has 2 unspecified atom stereocenters. The Balaban J connectivity index is 1.52. The second-order valence-electron chi connectivity index (χ2n) is 11.5. The van der Waals surface area contributed by atoms with E-state index in [0.29, 0.717) is 5.92 Å². The Labute approximate surface area is 249 Å². The third-order valence-electron chi connectivity index (χ3n) is 8.65. The van der Waals surface area contributed by atoms with E-state index in [9.17, 15) is 14.7 Å². The first-order chi connectivity index (χ1) is 20.0. The van der Waals surface area contributed by atoms with Gasteiger partial charge in [0.05, 0.1) is 24.8 Å². The molecule has 4 rings (SSSR count). The first-order valence-corrected chi connectivity index (χ1v) is 16.2. The van der Waals surface area contributed by atoms with Crippen molar-refractivity contribution in [2.24, 2.45) is 11.8 Å². The number of amides is 2. The molecule has 0 spiro atoms. The lowest BCUT2D eigenvalue weighted by atomic mass is 9.86. The maximum absolute atomic E-state index is 13.6. The van der Waals surface area contributed by atoms with Gasteiger partial charge in [-0.25, -0.2) is 0 Å². The highest BCUT2D eigenvalue weighted by atomic mass is 32.2. The van der Waals surface area contributed by atoms with E-state index < -0.39 is 0 Å². The number of benzene rings is 2. The smallest absolute Gasteiger partial charge is 0.255 e. The van der Waals surface area contributed by atoms with Gasteiger partial charge in [-0.15, -0.1) is 0 Å². The fourth-order valence-electron chi connectivity index (χ4n) is 6.02. The van der Waals surface area contributed by atoms with Crippen LogP contribution in [0.4, 0.5) is 0 Å². The highest BCUT2D eigenvalue weighted by Gasteiger charge is 2.31. The number of aromatic hydroxyl groups is 1. The van der Waals surface area contributed by atoms with E-state index in [1.165, 1.54) is 43.7 Å². The van der Waals surface area contributed by atoms with Crippen LogP contribution < -0.4 is 15.4 Å². The third-order valence-corrected chi connectivity index (χ3v) is 10.2. The Morgan fingerprint density at radius 2 is 1.66 bits per heavy atom. The zero-order chi connectivity index (χ0) is 29.0. The van der Waals surface area contributed by atoms with Crippen molar-refractivity contribution in [1.82, 2.24) is 10.6 Å². The second kappa shape index (κ2) is 16.1. The molecule has 0 radical (unpaired) electrons. The van der Waals surface area contributed by atoms with E-state index in [1.807, 2.05) is 23.9 Å². The Hall–Kier alpha value is -2.71. The summed E-state index contributed by atoms with van der Waals surface area (Å²) in [6.45, 7) is 0.283. The van der Waals surface area contributed by atoms with Crippen LogP contribution in [0.2, 0.25) is 0 Å². The Morgan fingerprint density at radius 1 is 0.951 bits per heavy atom. The molecular formula is C33H46N2O5S. The summed E-state index contributed by atoms with van der Waals surface area (Å²) in [6, 6.07) is 14.4. The fourth-order valence-corrected chi connectivity index (χ4v) is 7.58. The molecule has 0 bridgehead atoms. The number of phenolic OH excluding ortho intramolecular Hbond substituents is 1. The number of thioether (sulfide) groups is 1. The van der Waals surface area contributed by atoms with Gasteiger partial charge in [-0.05, 0) is 86.4 Å². The Kier molecular flexibility index (Phi) is 12.2. The molecule has 2 aliphatic rings. The summed E-state index contributed by atoms with van der Waals surface area (Å²) < 4.78 is 10.9. The lowest BCUT2D eigenvalue weighted by Gasteiger charge is -2.33. The lowest BCUT2D eigenvalue weighted by Crippen LogP contribution is -2.52. The molecule has 8 heteroatoms. The van der Waals surface area contributed by atoms with Gasteiger partial charge >= 0.3 is 0 Å². The van der Waals surface area contributed by atoms with Crippen LogP contribution in [-0.4, -0.2) is 60.8 Å². The number of phenols is 1. The standard InChI is InChI=1S/C33H46N2O5S/c1-39-26-16-12-23(13-17-26)20-31(41-22-24-8-4-3-5-9-24)29(21-34-33(38)28-10-6-7-11-30(28)36)35-32(37)25-14-18-27(40-2)19-15-25/h6-7,10-13,16-17,24-25,27,29,31,36H,3-5,8-9,14-15,18-22H2,1-2H3,(H,34,38)(H,35,37). The van der Waals surface area contributed by atoms with E-state index in [1.54, 1.807) is 32.4 Å². The van der Waals surface area contributed by atoms with Gasteiger partial charge in [0.2, 0.25) is 5.91 Å². The molecular weight excluding hydrogens is 536 g/mol. The molecule has 2 atom stereocenters. The van der Waals surface area contributed by atoms with Crippen LogP contribution in [0, 0.1) is 11.8 Å². The molecule has 2 fully saturated rings. The molecule has 3 N–H and O–H groups in total. The van der Waals surface area contributed by atoms with Gasteiger partial charge < -0.3 is 25.2 Å². The largest absolute Gasteiger partial charge is 0.507 e. The number of carbonyl (C=O) groups excluding carboxylic acids is 2. The molecule has 7 nitrogen and oxygen atoms in total. The monoisotopic (exact) mass is 582 g/mol. The Bertz CT molecular complexity index is 1100. The number of hydrogen-bond acceptors (Lipinski definition) is 6. The topological polar surface area (TPSA) is 96.9 Å². The van der Waals surface area contributed by atoms with Gasteiger partial charge in [0.25, 0.3) is 5.91 Å². The molecule has 2 amide bonds. The van der Waals surface area contributed by atoms with Gasteiger partial charge in [0.1, 0.15) is 11.5 Å². The van der Waals surface area contributed by atoms with Crippen molar-refractivity contribution in [3.8, 4) is 11.5 Å². The molecule has 0 saturated heterocycles. The number of carbonyl (C=O) groups is 2. The minimum absolute atomic E-state index is 0.0530. The molecule has 0 aromatic heterocycles. The average Bonchev–Trinajstić information content (AvgIpc) is 3.02. The van der Waals surface area contributed by atoms with Crippen molar-refractivity contribution in [3.63, 3.8) is 0 Å². The summed E-state index contributed by atoms with van der Waals surface area (Å²) >= 11 is 1.92. The van der Waals surface area contributed by atoms with E-state index >= 15 is 0 Å². The van der Waals surface area contributed by atoms with Crippen LogP contribution in [0.3, 0.4) is 0 Å². The zero-order valence-electron chi connectivity index (χ0n) is 24.5. The van der Waals surface area contributed by atoms with E-state index in [-0.39, 0.29) is 53.0 Å². The van der Waals surface area contributed by atoms with Crippen LogP contribution in [0.15, 0.2) is 48.5 Å². The molecule has 224 valence electrons. The molecule has 2 aliphatic carbocycles. The van der Waals surface area contributed by atoms with Crippen LogP contribution in [0.5, 0.6) is 11.5 Å². The van der Waals surface area contributed by atoms with Crippen LogP contribution >= 0.6 is 11.8 Å². The third kappa shape index (κ3) is 9.40. The normalized spacial score (nSPS) is 21.0. The van der Waals surface area contributed by atoms with Crippen molar-refractivity contribution in [1.29, 1.82) is 0 Å². The van der Waals surface area contributed by atoms with Crippen molar-refractivity contribution < 1.29 is 24.2 Å². The zero-order valence-corrected chi connectivity index (χ0v) is 25.3. The summed E-state index contributed by atoms with van der Waals surface area (Å²) in [4.78, 5) is 26.7.